The number of nitrogens with zero attached hydrogens (tertiary/aromatic N) is 1. The molecule has 1 saturated heterocycles. The number of hydrogen-bond acceptors (Lipinski definition) is 4. The van der Waals surface area contributed by atoms with E-state index in [4.69, 9.17) is 9.84 Å². The summed E-state index contributed by atoms with van der Waals surface area (Å²) in [4.78, 5) is 10.8. The van der Waals surface area contributed by atoms with Gasteiger partial charge in [0.1, 0.15) is 0 Å². The largest absolute Gasteiger partial charge is 0.478 e. The van der Waals surface area contributed by atoms with Crippen LogP contribution in [0.2, 0.25) is 0 Å². The number of sulfonamides is 1. The van der Waals surface area contributed by atoms with E-state index in [0.29, 0.717) is 18.7 Å². The second-order valence-electron chi connectivity index (χ2n) is 5.32. The summed E-state index contributed by atoms with van der Waals surface area (Å²) in [6.45, 7) is 4.39. The number of ether oxygens (including phenoxy) is 1. The predicted molar refractivity (Wildman–Crippen MR) is 77.6 cm³/mol. The van der Waals surface area contributed by atoms with Crippen LogP contribution in [-0.4, -0.2) is 49.1 Å². The molecule has 0 aromatic heterocycles. The lowest BCUT2D eigenvalue weighted by Gasteiger charge is -2.35. The fourth-order valence-corrected chi connectivity index (χ4v) is 4.12. The Labute approximate surface area is 124 Å². The number of carboxylic acids is 1. The molecule has 1 aliphatic rings. The van der Waals surface area contributed by atoms with Crippen molar-refractivity contribution >= 4 is 16.0 Å². The Bertz CT molecular complexity index is 611. The molecule has 0 radical (unpaired) electrons. The maximum atomic E-state index is 12.5. The smallest absolute Gasteiger partial charge is 0.335 e. The molecule has 0 saturated carbocycles. The molecule has 1 N–H and O–H groups in total. The molecular formula is C14H19NO5S. The van der Waals surface area contributed by atoms with Crippen LogP contribution in [0.25, 0.3) is 0 Å². The number of carboxylic acid groups (broad SMARTS) is 1. The molecule has 2 unspecified atom stereocenters. The topological polar surface area (TPSA) is 83.9 Å². The van der Waals surface area contributed by atoms with Crippen LogP contribution in [-0.2, 0) is 20.5 Å². The number of rotatable bonds is 4. The van der Waals surface area contributed by atoms with Crippen LogP contribution in [0.5, 0.6) is 0 Å². The molecule has 1 heterocycles. The van der Waals surface area contributed by atoms with Gasteiger partial charge in [-0.3, -0.25) is 0 Å². The number of morpholine rings is 1. The third-order valence-corrected chi connectivity index (χ3v) is 5.38. The number of carbonyl (C=O) groups is 1. The van der Waals surface area contributed by atoms with Gasteiger partial charge in [0.05, 0.1) is 24.0 Å². The Kier molecular flexibility index (Phi) is 4.65. The average molecular weight is 313 g/mol. The Morgan fingerprint density at radius 1 is 1.33 bits per heavy atom. The molecule has 0 amide bonds. The maximum absolute atomic E-state index is 12.5. The highest BCUT2D eigenvalue weighted by Gasteiger charge is 2.32. The Morgan fingerprint density at radius 2 is 1.95 bits per heavy atom. The molecule has 2 rings (SSSR count). The van der Waals surface area contributed by atoms with Gasteiger partial charge in [-0.25, -0.2) is 13.2 Å². The molecule has 2 atom stereocenters. The van der Waals surface area contributed by atoms with E-state index in [-0.39, 0.29) is 23.5 Å². The van der Waals surface area contributed by atoms with Crippen LogP contribution in [0, 0.1) is 0 Å². The molecule has 0 bridgehead atoms. The zero-order valence-electron chi connectivity index (χ0n) is 12.0. The molecule has 1 aromatic carbocycles. The number of benzene rings is 1. The highest BCUT2D eigenvalue weighted by Crippen LogP contribution is 2.19. The van der Waals surface area contributed by atoms with E-state index < -0.39 is 16.0 Å². The molecule has 21 heavy (non-hydrogen) atoms. The standard InChI is InChI=1S/C14H19NO5S/c1-10-8-20-11(2)7-15(10)21(18,19)9-12-3-5-13(6-4-12)14(16)17/h3-6,10-11H,7-9H2,1-2H3,(H,16,17). The van der Waals surface area contributed by atoms with E-state index in [1.54, 1.807) is 0 Å². The molecule has 7 heteroatoms. The highest BCUT2D eigenvalue weighted by molar-refractivity contribution is 7.88. The van der Waals surface area contributed by atoms with Crippen molar-refractivity contribution in [2.45, 2.75) is 31.7 Å². The molecule has 116 valence electrons. The summed E-state index contributed by atoms with van der Waals surface area (Å²) >= 11 is 0. The van der Waals surface area contributed by atoms with Gasteiger partial charge in [-0.2, -0.15) is 4.31 Å². The molecular weight excluding hydrogens is 294 g/mol. The van der Waals surface area contributed by atoms with Gasteiger partial charge in [-0.15, -0.1) is 0 Å². The van der Waals surface area contributed by atoms with Crippen LogP contribution in [0.1, 0.15) is 29.8 Å². The molecule has 1 aliphatic heterocycles. The number of hydrogen-bond donors (Lipinski definition) is 1. The lowest BCUT2D eigenvalue weighted by atomic mass is 10.1. The summed E-state index contributed by atoms with van der Waals surface area (Å²) in [5.74, 6) is -1.16. The van der Waals surface area contributed by atoms with Gasteiger partial charge in [0, 0.05) is 12.6 Å². The van der Waals surface area contributed by atoms with E-state index >= 15 is 0 Å². The van der Waals surface area contributed by atoms with Crippen molar-refractivity contribution in [3.05, 3.63) is 35.4 Å². The van der Waals surface area contributed by atoms with Crippen molar-refractivity contribution in [1.82, 2.24) is 4.31 Å². The van der Waals surface area contributed by atoms with Crippen molar-refractivity contribution in [1.29, 1.82) is 0 Å². The van der Waals surface area contributed by atoms with Crippen LogP contribution in [0.4, 0.5) is 0 Å². The SMILES string of the molecule is CC1CN(S(=O)(=O)Cc2ccc(C(=O)O)cc2)C(C)CO1. The lowest BCUT2D eigenvalue weighted by molar-refractivity contribution is -0.0171. The first-order valence-corrected chi connectivity index (χ1v) is 8.34. The van der Waals surface area contributed by atoms with Gasteiger partial charge in [-0.1, -0.05) is 12.1 Å². The third-order valence-electron chi connectivity index (χ3n) is 3.46. The van der Waals surface area contributed by atoms with E-state index in [0.717, 1.165) is 0 Å². The first-order valence-electron chi connectivity index (χ1n) is 6.73. The summed E-state index contributed by atoms with van der Waals surface area (Å²) in [6, 6.07) is 5.71. The molecule has 0 spiro atoms. The molecule has 6 nitrogen and oxygen atoms in total. The quantitative estimate of drug-likeness (QED) is 0.906. The predicted octanol–water partition coefficient (Wildman–Crippen LogP) is 1.32. The van der Waals surface area contributed by atoms with Gasteiger partial charge in [0.2, 0.25) is 10.0 Å². The van der Waals surface area contributed by atoms with Gasteiger partial charge in [0.25, 0.3) is 0 Å². The fraction of sp³-hybridized carbons (Fsp3) is 0.500. The monoisotopic (exact) mass is 313 g/mol. The summed E-state index contributed by atoms with van der Waals surface area (Å²) in [7, 11) is -3.45. The van der Waals surface area contributed by atoms with E-state index in [1.165, 1.54) is 28.6 Å². The number of aromatic carboxylic acids is 1. The van der Waals surface area contributed by atoms with Crippen molar-refractivity contribution in [3.63, 3.8) is 0 Å². The first-order chi connectivity index (χ1) is 9.79. The van der Waals surface area contributed by atoms with Crippen LogP contribution < -0.4 is 0 Å². The van der Waals surface area contributed by atoms with Crippen LogP contribution in [0.15, 0.2) is 24.3 Å². The Hall–Kier alpha value is -1.44. The summed E-state index contributed by atoms with van der Waals surface area (Å²) in [5.41, 5.74) is 0.718. The van der Waals surface area contributed by atoms with Crippen LogP contribution >= 0.6 is 0 Å². The van der Waals surface area contributed by atoms with Crippen LogP contribution in [0.3, 0.4) is 0 Å². The molecule has 0 aliphatic carbocycles. The highest BCUT2D eigenvalue weighted by atomic mass is 32.2. The van der Waals surface area contributed by atoms with Gasteiger partial charge in [-0.05, 0) is 31.5 Å². The molecule has 1 aromatic rings. The third kappa shape index (κ3) is 3.81. The first kappa shape index (κ1) is 15.9. The summed E-state index contributed by atoms with van der Waals surface area (Å²) < 4.78 is 31.9. The second-order valence-corrected chi connectivity index (χ2v) is 7.24. The zero-order valence-corrected chi connectivity index (χ0v) is 12.8. The summed E-state index contributed by atoms with van der Waals surface area (Å²) in [6.07, 6.45) is -0.120. The minimum Gasteiger partial charge on any atom is -0.478 e. The van der Waals surface area contributed by atoms with Crippen molar-refractivity contribution in [2.75, 3.05) is 13.2 Å². The lowest BCUT2D eigenvalue weighted by Crippen LogP contribution is -2.50. The molecule has 1 fully saturated rings. The minimum atomic E-state index is -3.45. The normalized spacial score (nSPS) is 23.9. The van der Waals surface area contributed by atoms with Gasteiger partial charge < -0.3 is 9.84 Å². The zero-order chi connectivity index (χ0) is 15.6. The van der Waals surface area contributed by atoms with E-state index in [2.05, 4.69) is 0 Å². The van der Waals surface area contributed by atoms with E-state index in [9.17, 15) is 13.2 Å². The fourth-order valence-electron chi connectivity index (χ4n) is 2.30. The van der Waals surface area contributed by atoms with Crippen molar-refractivity contribution in [3.8, 4) is 0 Å². The Balaban J connectivity index is 2.14. The van der Waals surface area contributed by atoms with Crippen molar-refractivity contribution < 1.29 is 23.1 Å². The maximum Gasteiger partial charge on any atom is 0.335 e. The van der Waals surface area contributed by atoms with Gasteiger partial charge in [0.15, 0.2) is 0 Å². The summed E-state index contributed by atoms with van der Waals surface area (Å²) in [5, 5.41) is 8.84. The second kappa shape index (κ2) is 6.13. The van der Waals surface area contributed by atoms with E-state index in [1.807, 2.05) is 13.8 Å². The Morgan fingerprint density at radius 3 is 2.52 bits per heavy atom. The minimum absolute atomic E-state index is 0.120. The van der Waals surface area contributed by atoms with Gasteiger partial charge >= 0.3 is 5.97 Å². The van der Waals surface area contributed by atoms with Crippen molar-refractivity contribution in [2.24, 2.45) is 0 Å². The average Bonchev–Trinajstić information content (AvgIpc) is 2.41.